The molecule has 1 amide bonds. The highest BCUT2D eigenvalue weighted by Crippen LogP contribution is 2.32. The van der Waals surface area contributed by atoms with Crippen LogP contribution in [0.2, 0.25) is 5.02 Å². The van der Waals surface area contributed by atoms with Gasteiger partial charge in [-0.05, 0) is 42.3 Å². The van der Waals surface area contributed by atoms with Gasteiger partial charge in [0.05, 0.1) is 21.9 Å². The van der Waals surface area contributed by atoms with E-state index < -0.39 is 10.0 Å². The predicted molar refractivity (Wildman–Crippen MR) is 130 cm³/mol. The average molecular weight is 471 g/mol. The summed E-state index contributed by atoms with van der Waals surface area (Å²) >= 11 is 6.31. The summed E-state index contributed by atoms with van der Waals surface area (Å²) < 4.78 is 23.6. The highest BCUT2D eigenvalue weighted by molar-refractivity contribution is 7.89. The van der Waals surface area contributed by atoms with E-state index in [0.29, 0.717) is 16.8 Å². The van der Waals surface area contributed by atoms with Crippen LogP contribution in [-0.4, -0.2) is 20.7 Å². The molecule has 0 bridgehead atoms. The molecule has 0 aliphatic heterocycles. The predicted octanol–water partition coefficient (Wildman–Crippen LogP) is 4.17. The zero-order chi connectivity index (χ0) is 23.7. The summed E-state index contributed by atoms with van der Waals surface area (Å²) in [6.45, 7) is 1.98. The molecule has 166 valence electrons. The molecule has 3 aromatic carbocycles. The van der Waals surface area contributed by atoms with Gasteiger partial charge in [-0.1, -0.05) is 65.7 Å². The zero-order valence-corrected chi connectivity index (χ0v) is 18.8. The van der Waals surface area contributed by atoms with E-state index in [-0.39, 0.29) is 15.8 Å². The van der Waals surface area contributed by atoms with Crippen LogP contribution >= 0.6 is 11.6 Å². The van der Waals surface area contributed by atoms with Crippen molar-refractivity contribution in [3.63, 3.8) is 0 Å². The maximum atomic E-state index is 12.2. The van der Waals surface area contributed by atoms with Gasteiger partial charge in [0.2, 0.25) is 15.9 Å². The fourth-order valence-electron chi connectivity index (χ4n) is 2.86. The van der Waals surface area contributed by atoms with E-state index in [4.69, 9.17) is 22.1 Å². The first-order valence-corrected chi connectivity index (χ1v) is 11.3. The lowest BCUT2D eigenvalue weighted by molar-refractivity contribution is -0.111. The number of halogens is 1. The molecule has 3 rings (SSSR count). The summed E-state index contributed by atoms with van der Waals surface area (Å²) in [6.07, 6.45) is 3.89. The van der Waals surface area contributed by atoms with Crippen molar-refractivity contribution in [2.45, 2.75) is 11.8 Å². The Morgan fingerprint density at radius 2 is 1.75 bits per heavy atom. The molecule has 0 saturated heterocycles. The Labute approximate surface area is 192 Å². The van der Waals surface area contributed by atoms with E-state index in [9.17, 15) is 13.2 Å². The number of hydrogen-bond donors (Lipinski definition) is 4. The molecule has 0 heterocycles. The minimum absolute atomic E-state index is 0.00828. The minimum Gasteiger partial charge on any atom is -0.390 e. The smallest absolute Gasteiger partial charge is 0.248 e. The number of anilines is 1. The Balaban J connectivity index is 0.00000114. The Bertz CT molecular complexity index is 1260. The molecule has 7 nitrogen and oxygen atoms in total. The Kier molecular flexibility index (Phi) is 8.71. The Morgan fingerprint density at radius 3 is 2.38 bits per heavy atom. The summed E-state index contributed by atoms with van der Waals surface area (Å²) in [6, 6.07) is 19.0. The lowest BCUT2D eigenvalue weighted by Gasteiger charge is -2.11. The molecular formula is C23H23ClN4O3S. The van der Waals surface area contributed by atoms with Crippen molar-refractivity contribution in [2.75, 3.05) is 5.32 Å². The molecule has 0 saturated carbocycles. The van der Waals surface area contributed by atoms with Gasteiger partial charge in [-0.25, -0.2) is 13.6 Å². The fraction of sp³-hybridized carbons (Fsp3) is 0.0435. The van der Waals surface area contributed by atoms with Crippen LogP contribution in [0.4, 0.5) is 5.69 Å². The maximum absolute atomic E-state index is 12.2. The number of aryl methyl sites for hydroxylation is 1. The van der Waals surface area contributed by atoms with Gasteiger partial charge in [0.1, 0.15) is 0 Å². The largest absolute Gasteiger partial charge is 0.390 e. The summed E-state index contributed by atoms with van der Waals surface area (Å²) in [7, 11) is -3.88. The summed E-state index contributed by atoms with van der Waals surface area (Å²) in [4.78, 5) is 12.2. The van der Waals surface area contributed by atoms with Gasteiger partial charge in [-0.3, -0.25) is 10.2 Å². The summed E-state index contributed by atoms with van der Waals surface area (Å²) in [5.74, 6) is -0.328. The Morgan fingerprint density at radius 1 is 1.06 bits per heavy atom. The highest BCUT2D eigenvalue weighted by Gasteiger charge is 2.15. The van der Waals surface area contributed by atoms with E-state index in [1.807, 2.05) is 31.2 Å². The second-order valence-corrected chi connectivity index (χ2v) is 8.58. The number of carbonyl (C=O) groups excluding carboxylic acids is 1. The number of primary sulfonamides is 1. The number of nitrogens with two attached hydrogens (primary N) is 2. The van der Waals surface area contributed by atoms with Crippen LogP contribution in [0, 0.1) is 12.3 Å². The number of hydrogen-bond acceptors (Lipinski definition) is 4. The lowest BCUT2D eigenvalue weighted by atomic mass is 10.1. The number of rotatable bonds is 5. The molecule has 0 fully saturated rings. The first kappa shape index (κ1) is 24.8. The molecule has 0 spiro atoms. The SMILES string of the molecule is Cc1cccc(/C=C\C(=O)Nc2ccc(-c3ccccc3S(N)(=O)=O)cc2Cl)c1.N=CN. The molecular weight excluding hydrogens is 448 g/mol. The van der Waals surface area contributed by atoms with Crippen LogP contribution in [0.3, 0.4) is 0 Å². The van der Waals surface area contributed by atoms with E-state index in [1.165, 1.54) is 12.1 Å². The second kappa shape index (κ2) is 11.2. The second-order valence-electron chi connectivity index (χ2n) is 6.64. The maximum Gasteiger partial charge on any atom is 0.248 e. The lowest BCUT2D eigenvalue weighted by Crippen LogP contribution is -2.13. The molecule has 32 heavy (non-hydrogen) atoms. The van der Waals surface area contributed by atoms with Crippen LogP contribution < -0.4 is 16.2 Å². The van der Waals surface area contributed by atoms with E-state index in [1.54, 1.807) is 42.5 Å². The number of benzene rings is 3. The highest BCUT2D eigenvalue weighted by atomic mass is 35.5. The van der Waals surface area contributed by atoms with Gasteiger partial charge in [0.25, 0.3) is 0 Å². The monoisotopic (exact) mass is 470 g/mol. The normalized spacial score (nSPS) is 10.8. The molecule has 0 aromatic heterocycles. The van der Waals surface area contributed by atoms with Gasteiger partial charge in [0, 0.05) is 11.6 Å². The van der Waals surface area contributed by atoms with E-state index in [0.717, 1.165) is 17.5 Å². The number of sulfonamides is 1. The van der Waals surface area contributed by atoms with Crippen LogP contribution in [0.1, 0.15) is 11.1 Å². The van der Waals surface area contributed by atoms with Crippen LogP contribution in [0.25, 0.3) is 17.2 Å². The topological polar surface area (TPSA) is 139 Å². The van der Waals surface area contributed by atoms with Crippen molar-refractivity contribution in [1.82, 2.24) is 0 Å². The molecule has 0 aliphatic carbocycles. The summed E-state index contributed by atoms with van der Waals surface area (Å²) in [5.41, 5.74) is 7.84. The fourth-order valence-corrected chi connectivity index (χ4v) is 3.85. The molecule has 0 aliphatic rings. The molecule has 9 heteroatoms. The molecule has 0 radical (unpaired) electrons. The van der Waals surface area contributed by atoms with Gasteiger partial charge in [0.15, 0.2) is 0 Å². The minimum atomic E-state index is -3.88. The first-order valence-electron chi connectivity index (χ1n) is 9.34. The average Bonchev–Trinajstić information content (AvgIpc) is 2.74. The van der Waals surface area contributed by atoms with Crippen LogP contribution in [-0.2, 0) is 14.8 Å². The van der Waals surface area contributed by atoms with Gasteiger partial charge in [-0.2, -0.15) is 0 Å². The third kappa shape index (κ3) is 7.05. The van der Waals surface area contributed by atoms with Crippen molar-refractivity contribution in [3.8, 4) is 11.1 Å². The van der Waals surface area contributed by atoms with Crippen molar-refractivity contribution >= 4 is 45.6 Å². The quantitative estimate of drug-likeness (QED) is 0.252. The standard InChI is InChI=1S/C22H19ClN2O3S.CH4N2/c1-15-5-4-6-16(13-15)9-12-22(26)25-20-11-10-17(14-19(20)23)18-7-2-3-8-21(18)29(24,27)28;2-1-3/h2-14H,1H3,(H,25,26)(H2,24,27,28);1H,(H3,2,3)/b12-9-;. The third-order valence-electron chi connectivity index (χ3n) is 4.20. The number of carbonyl (C=O) groups is 1. The Hall–Kier alpha value is -3.46. The van der Waals surface area contributed by atoms with Crippen molar-refractivity contribution in [1.29, 1.82) is 5.41 Å². The molecule has 6 N–H and O–H groups in total. The van der Waals surface area contributed by atoms with Crippen molar-refractivity contribution in [3.05, 3.63) is 89.0 Å². The molecule has 3 aromatic rings. The molecule has 0 unspecified atom stereocenters. The van der Waals surface area contributed by atoms with Crippen molar-refractivity contribution < 1.29 is 13.2 Å². The van der Waals surface area contributed by atoms with Crippen molar-refractivity contribution in [2.24, 2.45) is 10.9 Å². The van der Waals surface area contributed by atoms with Gasteiger partial charge < -0.3 is 11.1 Å². The van der Waals surface area contributed by atoms with E-state index in [2.05, 4.69) is 11.1 Å². The molecule has 0 atom stereocenters. The van der Waals surface area contributed by atoms with Crippen LogP contribution in [0.5, 0.6) is 0 Å². The van der Waals surface area contributed by atoms with Gasteiger partial charge >= 0.3 is 0 Å². The van der Waals surface area contributed by atoms with Crippen LogP contribution in [0.15, 0.2) is 77.7 Å². The number of nitrogens with one attached hydrogen (secondary N) is 2. The number of amides is 1. The summed E-state index contributed by atoms with van der Waals surface area (Å²) in [5, 5.41) is 14.2. The van der Waals surface area contributed by atoms with E-state index >= 15 is 0 Å². The first-order chi connectivity index (χ1) is 15.2. The zero-order valence-electron chi connectivity index (χ0n) is 17.2. The third-order valence-corrected chi connectivity index (χ3v) is 5.48. The van der Waals surface area contributed by atoms with Gasteiger partial charge in [-0.15, -0.1) is 0 Å².